The minimum atomic E-state index is 0.533. The Morgan fingerprint density at radius 2 is 2.15 bits per heavy atom. The summed E-state index contributed by atoms with van der Waals surface area (Å²) in [5, 5.41) is 21.3. The average molecular weight is 347 g/mol. The molecular weight excluding hydrogens is 326 g/mol. The van der Waals surface area contributed by atoms with Gasteiger partial charge in [0.25, 0.3) is 0 Å². The largest absolute Gasteiger partial charge is 0.492 e. The lowest BCUT2D eigenvalue weighted by Gasteiger charge is -2.17. The molecule has 0 spiro atoms. The second-order valence-corrected chi connectivity index (χ2v) is 6.34. The van der Waals surface area contributed by atoms with E-state index in [0.29, 0.717) is 29.5 Å². The van der Waals surface area contributed by atoms with E-state index in [0.717, 1.165) is 38.3 Å². The van der Waals surface area contributed by atoms with Gasteiger partial charge in [-0.05, 0) is 49.2 Å². The zero-order valence-electron chi connectivity index (χ0n) is 14.6. The van der Waals surface area contributed by atoms with Gasteiger partial charge in [-0.2, -0.15) is 10.5 Å². The van der Waals surface area contributed by atoms with Crippen LogP contribution >= 0.6 is 0 Å². The van der Waals surface area contributed by atoms with E-state index in [9.17, 15) is 0 Å². The predicted molar refractivity (Wildman–Crippen MR) is 98.6 cm³/mol. The highest BCUT2D eigenvalue weighted by molar-refractivity contribution is 5.51. The van der Waals surface area contributed by atoms with E-state index in [1.807, 2.05) is 12.1 Å². The first-order valence-electron chi connectivity index (χ1n) is 8.73. The second kappa shape index (κ2) is 8.84. The van der Waals surface area contributed by atoms with Crippen molar-refractivity contribution in [3.8, 4) is 17.9 Å². The number of hydrogen-bond acceptors (Lipinski definition) is 6. The highest BCUT2D eigenvalue weighted by Crippen LogP contribution is 2.18. The van der Waals surface area contributed by atoms with Crippen molar-refractivity contribution in [3.05, 3.63) is 53.7 Å². The molecule has 1 aromatic heterocycles. The third kappa shape index (κ3) is 4.72. The molecule has 0 radical (unpaired) electrons. The molecule has 26 heavy (non-hydrogen) atoms. The molecule has 1 aliphatic rings. The molecule has 6 heteroatoms. The number of nitriles is 2. The standard InChI is InChI=1S/C20H21N5O/c21-12-16-3-1-5-19(11-16)26-10-9-25-8-6-17(15-25)14-24-20-18(13-22)4-2-7-23-20/h1-5,7,11,17H,6,8-10,14-15H2,(H,23,24)/t17-/m1/s1. The van der Waals surface area contributed by atoms with Gasteiger partial charge in [0.05, 0.1) is 17.2 Å². The summed E-state index contributed by atoms with van der Waals surface area (Å²) in [7, 11) is 0. The molecule has 1 saturated heterocycles. The van der Waals surface area contributed by atoms with E-state index < -0.39 is 0 Å². The molecule has 1 aliphatic heterocycles. The molecule has 0 amide bonds. The maximum atomic E-state index is 9.11. The van der Waals surface area contributed by atoms with Crippen molar-refractivity contribution in [1.82, 2.24) is 9.88 Å². The number of benzene rings is 1. The fourth-order valence-electron chi connectivity index (χ4n) is 3.11. The first kappa shape index (κ1) is 17.7. The highest BCUT2D eigenvalue weighted by atomic mass is 16.5. The maximum absolute atomic E-state index is 9.11. The molecule has 1 aromatic carbocycles. The number of pyridine rings is 1. The highest BCUT2D eigenvalue weighted by Gasteiger charge is 2.22. The summed E-state index contributed by atoms with van der Waals surface area (Å²) < 4.78 is 5.75. The fraction of sp³-hybridized carbons (Fsp3) is 0.350. The van der Waals surface area contributed by atoms with Crippen LogP contribution in [0.5, 0.6) is 5.75 Å². The summed E-state index contributed by atoms with van der Waals surface area (Å²) in [5.74, 6) is 1.93. The first-order valence-corrected chi connectivity index (χ1v) is 8.73. The lowest BCUT2D eigenvalue weighted by molar-refractivity contribution is 0.233. The Kier molecular flexibility index (Phi) is 6.03. The number of rotatable bonds is 7. The first-order chi connectivity index (χ1) is 12.8. The van der Waals surface area contributed by atoms with E-state index in [4.69, 9.17) is 15.3 Å². The van der Waals surface area contributed by atoms with Gasteiger partial charge in [0.1, 0.15) is 24.2 Å². The van der Waals surface area contributed by atoms with Crippen LogP contribution in [0.15, 0.2) is 42.6 Å². The molecule has 0 saturated carbocycles. The minimum Gasteiger partial charge on any atom is -0.492 e. The van der Waals surface area contributed by atoms with E-state index >= 15 is 0 Å². The smallest absolute Gasteiger partial charge is 0.143 e. The van der Waals surface area contributed by atoms with E-state index in [2.05, 4.69) is 27.3 Å². The fourth-order valence-corrected chi connectivity index (χ4v) is 3.11. The Balaban J connectivity index is 1.40. The van der Waals surface area contributed by atoms with Crippen molar-refractivity contribution < 1.29 is 4.74 Å². The Labute approximate surface area is 153 Å². The Bertz CT molecular complexity index is 823. The van der Waals surface area contributed by atoms with Crippen molar-refractivity contribution in [2.75, 3.05) is 38.1 Å². The zero-order chi connectivity index (χ0) is 18.2. The van der Waals surface area contributed by atoms with Gasteiger partial charge in [0.2, 0.25) is 0 Å². The molecule has 0 unspecified atom stereocenters. The van der Waals surface area contributed by atoms with Crippen LogP contribution in [-0.4, -0.2) is 42.7 Å². The van der Waals surface area contributed by atoms with Crippen molar-refractivity contribution in [2.24, 2.45) is 5.92 Å². The topological polar surface area (TPSA) is 85.0 Å². The number of likely N-dealkylation sites (tertiary alicyclic amines) is 1. The van der Waals surface area contributed by atoms with Gasteiger partial charge in [-0.3, -0.25) is 4.90 Å². The van der Waals surface area contributed by atoms with Crippen LogP contribution in [0.25, 0.3) is 0 Å². The molecule has 6 nitrogen and oxygen atoms in total. The number of aromatic nitrogens is 1. The lowest BCUT2D eigenvalue weighted by Crippen LogP contribution is -2.27. The Hall–Kier alpha value is -3.09. The summed E-state index contributed by atoms with van der Waals surface area (Å²) in [4.78, 5) is 6.62. The number of nitrogens with zero attached hydrogens (tertiary/aromatic N) is 4. The number of nitrogens with one attached hydrogen (secondary N) is 1. The molecule has 1 atom stereocenters. The average Bonchev–Trinajstić information content (AvgIpc) is 3.14. The van der Waals surface area contributed by atoms with E-state index in [-0.39, 0.29) is 0 Å². The van der Waals surface area contributed by atoms with E-state index in [1.165, 1.54) is 0 Å². The molecule has 2 aromatic rings. The van der Waals surface area contributed by atoms with Gasteiger partial charge in [0, 0.05) is 25.8 Å². The normalized spacial score (nSPS) is 16.6. The van der Waals surface area contributed by atoms with Gasteiger partial charge in [-0.25, -0.2) is 4.98 Å². The summed E-state index contributed by atoms with van der Waals surface area (Å²) in [5.41, 5.74) is 1.19. The van der Waals surface area contributed by atoms with Crippen LogP contribution in [0.1, 0.15) is 17.5 Å². The summed E-state index contributed by atoms with van der Waals surface area (Å²) in [6, 6.07) is 15.1. The molecule has 132 valence electrons. The van der Waals surface area contributed by atoms with Crippen LogP contribution < -0.4 is 10.1 Å². The molecule has 3 rings (SSSR count). The van der Waals surface area contributed by atoms with Crippen LogP contribution in [0.4, 0.5) is 5.82 Å². The summed E-state index contributed by atoms with van der Waals surface area (Å²) >= 11 is 0. The Morgan fingerprint density at radius 1 is 1.23 bits per heavy atom. The summed E-state index contributed by atoms with van der Waals surface area (Å²) in [6.45, 7) is 4.33. The van der Waals surface area contributed by atoms with Crippen molar-refractivity contribution in [2.45, 2.75) is 6.42 Å². The van der Waals surface area contributed by atoms with Gasteiger partial charge < -0.3 is 10.1 Å². The van der Waals surface area contributed by atoms with Crippen LogP contribution in [0, 0.1) is 28.6 Å². The minimum absolute atomic E-state index is 0.533. The van der Waals surface area contributed by atoms with Gasteiger partial charge >= 0.3 is 0 Å². The molecule has 2 heterocycles. The van der Waals surface area contributed by atoms with Crippen molar-refractivity contribution in [3.63, 3.8) is 0 Å². The molecule has 0 bridgehead atoms. The number of hydrogen-bond donors (Lipinski definition) is 1. The summed E-state index contributed by atoms with van der Waals surface area (Å²) in [6.07, 6.45) is 2.81. The van der Waals surface area contributed by atoms with Crippen molar-refractivity contribution >= 4 is 5.82 Å². The monoisotopic (exact) mass is 347 g/mol. The maximum Gasteiger partial charge on any atom is 0.143 e. The second-order valence-electron chi connectivity index (χ2n) is 6.34. The quantitative estimate of drug-likeness (QED) is 0.829. The molecule has 1 N–H and O–H groups in total. The van der Waals surface area contributed by atoms with Crippen LogP contribution in [0.3, 0.4) is 0 Å². The molecule has 0 aliphatic carbocycles. The van der Waals surface area contributed by atoms with Gasteiger partial charge in [-0.1, -0.05) is 6.07 Å². The van der Waals surface area contributed by atoms with Crippen molar-refractivity contribution in [1.29, 1.82) is 10.5 Å². The van der Waals surface area contributed by atoms with Crippen LogP contribution in [-0.2, 0) is 0 Å². The zero-order valence-corrected chi connectivity index (χ0v) is 14.6. The Morgan fingerprint density at radius 3 is 3.00 bits per heavy atom. The third-order valence-electron chi connectivity index (χ3n) is 4.50. The molecule has 1 fully saturated rings. The van der Waals surface area contributed by atoms with Gasteiger partial charge in [0.15, 0.2) is 0 Å². The third-order valence-corrected chi connectivity index (χ3v) is 4.50. The predicted octanol–water partition coefficient (Wildman–Crippen LogP) is 2.64. The van der Waals surface area contributed by atoms with E-state index in [1.54, 1.807) is 30.5 Å². The van der Waals surface area contributed by atoms with Gasteiger partial charge in [-0.15, -0.1) is 0 Å². The van der Waals surface area contributed by atoms with Crippen LogP contribution in [0.2, 0.25) is 0 Å². The number of anilines is 1. The number of ether oxygens (including phenoxy) is 1. The lowest BCUT2D eigenvalue weighted by atomic mass is 10.1. The molecular formula is C20H21N5O. The SMILES string of the molecule is N#Cc1cccc(OCCN2CC[C@H](CNc3ncccc3C#N)C2)c1.